The number of hydrogen-bond acceptors (Lipinski definition) is 3. The zero-order valence-electron chi connectivity index (χ0n) is 14.8. The molecule has 0 bridgehead atoms. The minimum absolute atomic E-state index is 0.0217. The number of aromatic nitrogens is 4. The van der Waals surface area contributed by atoms with Crippen molar-refractivity contribution < 1.29 is 31.1 Å². The van der Waals surface area contributed by atoms with Crippen molar-refractivity contribution in [3.8, 4) is 0 Å². The number of amides is 1. The molecule has 0 radical (unpaired) electrons. The van der Waals surface area contributed by atoms with E-state index in [-0.39, 0.29) is 18.4 Å². The van der Waals surface area contributed by atoms with Gasteiger partial charge >= 0.3 is 0 Å². The number of benzene rings is 1. The number of halogens is 6. The van der Waals surface area contributed by atoms with E-state index in [9.17, 15) is 31.1 Å². The molecule has 154 valence electrons. The highest BCUT2D eigenvalue weighted by atomic mass is 19.3. The van der Waals surface area contributed by atoms with Gasteiger partial charge in [-0.25, -0.2) is 26.3 Å². The minimum atomic E-state index is -2.78. The van der Waals surface area contributed by atoms with Crippen LogP contribution in [-0.2, 0) is 17.9 Å². The third-order valence-corrected chi connectivity index (χ3v) is 3.95. The molecular formula is C17H13F6N5O. The summed E-state index contributed by atoms with van der Waals surface area (Å²) in [6.07, 6.45) is -1.55. The number of nitrogens with zero attached hydrogens (tertiary/aromatic N) is 4. The van der Waals surface area contributed by atoms with Crippen molar-refractivity contribution in [1.29, 1.82) is 0 Å². The van der Waals surface area contributed by atoms with E-state index < -0.39 is 53.4 Å². The number of alkyl halides is 2. The Kier molecular flexibility index (Phi) is 5.62. The van der Waals surface area contributed by atoms with Gasteiger partial charge in [-0.3, -0.25) is 14.2 Å². The summed E-state index contributed by atoms with van der Waals surface area (Å²) in [6, 6.07) is 2.53. The van der Waals surface area contributed by atoms with Gasteiger partial charge in [0.25, 0.3) is 6.43 Å². The van der Waals surface area contributed by atoms with Gasteiger partial charge in [-0.1, -0.05) is 0 Å². The summed E-state index contributed by atoms with van der Waals surface area (Å²) < 4.78 is 81.3. The molecule has 0 spiro atoms. The van der Waals surface area contributed by atoms with Crippen molar-refractivity contribution >= 4 is 11.7 Å². The molecule has 6 nitrogen and oxygen atoms in total. The van der Waals surface area contributed by atoms with Gasteiger partial charge in [0.15, 0.2) is 29.1 Å². The first-order valence-electron chi connectivity index (χ1n) is 8.13. The lowest BCUT2D eigenvalue weighted by atomic mass is 10.2. The fourth-order valence-corrected chi connectivity index (χ4v) is 2.56. The number of rotatable bonds is 6. The van der Waals surface area contributed by atoms with Gasteiger partial charge in [-0.05, 0) is 13.0 Å². The fraction of sp³-hybridized carbons (Fsp3) is 0.235. The molecule has 2 heterocycles. The van der Waals surface area contributed by atoms with Gasteiger partial charge in [0, 0.05) is 24.0 Å². The fourth-order valence-electron chi connectivity index (χ4n) is 2.56. The number of hydrogen-bond donors (Lipinski definition) is 1. The lowest BCUT2D eigenvalue weighted by molar-refractivity contribution is -0.117. The molecule has 1 aromatic carbocycles. The van der Waals surface area contributed by atoms with Gasteiger partial charge < -0.3 is 5.32 Å². The van der Waals surface area contributed by atoms with Crippen LogP contribution in [0.4, 0.5) is 32.2 Å². The monoisotopic (exact) mass is 417 g/mol. The Labute approximate surface area is 159 Å². The van der Waals surface area contributed by atoms with Crippen molar-refractivity contribution in [2.45, 2.75) is 26.4 Å². The summed E-state index contributed by atoms with van der Waals surface area (Å²) in [5, 5.41) is 9.81. The van der Waals surface area contributed by atoms with Gasteiger partial charge in [0.05, 0.1) is 12.1 Å². The second-order valence-electron chi connectivity index (χ2n) is 6.06. The first-order chi connectivity index (χ1) is 13.7. The van der Waals surface area contributed by atoms with Crippen molar-refractivity contribution in [1.82, 2.24) is 19.6 Å². The van der Waals surface area contributed by atoms with Crippen LogP contribution in [-0.4, -0.2) is 25.5 Å². The summed E-state index contributed by atoms with van der Waals surface area (Å²) in [5.41, 5.74) is -0.985. The zero-order valence-corrected chi connectivity index (χ0v) is 14.8. The molecule has 1 N–H and O–H groups in total. The molecule has 29 heavy (non-hydrogen) atoms. The van der Waals surface area contributed by atoms with Crippen LogP contribution in [0, 0.1) is 30.2 Å². The highest BCUT2D eigenvalue weighted by molar-refractivity contribution is 5.89. The second-order valence-corrected chi connectivity index (χ2v) is 6.06. The standard InChI is InChI=1S/C17H13F6N5O/c1-8-4-12(17(22)23)25-28(8)7-14(29)24-13-2-3-27(26-13)6-9-15(20)10(18)5-11(19)16(9)21/h2-5,17H,6-7H2,1H3,(H,24,26,29). The van der Waals surface area contributed by atoms with E-state index in [1.165, 1.54) is 19.2 Å². The second kappa shape index (κ2) is 7.97. The minimum Gasteiger partial charge on any atom is -0.308 e. The topological polar surface area (TPSA) is 64.7 Å². The molecule has 0 saturated carbocycles. The third-order valence-electron chi connectivity index (χ3n) is 3.95. The van der Waals surface area contributed by atoms with Gasteiger partial charge in [-0.2, -0.15) is 10.2 Å². The average Bonchev–Trinajstić information content (AvgIpc) is 3.24. The van der Waals surface area contributed by atoms with E-state index in [2.05, 4.69) is 15.5 Å². The van der Waals surface area contributed by atoms with Crippen LogP contribution in [0.25, 0.3) is 0 Å². The van der Waals surface area contributed by atoms with E-state index in [4.69, 9.17) is 0 Å². The summed E-state index contributed by atoms with van der Waals surface area (Å²) >= 11 is 0. The molecule has 3 rings (SSSR count). The Bertz CT molecular complexity index is 1030. The molecule has 2 aromatic heterocycles. The molecule has 0 saturated heterocycles. The Morgan fingerprint density at radius 1 is 1.10 bits per heavy atom. The molecule has 12 heteroatoms. The van der Waals surface area contributed by atoms with Crippen molar-refractivity contribution in [2.75, 3.05) is 5.32 Å². The molecule has 0 fully saturated rings. The summed E-state index contributed by atoms with van der Waals surface area (Å²) in [5.74, 6) is -6.85. The third kappa shape index (κ3) is 4.41. The van der Waals surface area contributed by atoms with Crippen molar-refractivity contribution in [3.63, 3.8) is 0 Å². The first-order valence-corrected chi connectivity index (χ1v) is 8.13. The maximum absolute atomic E-state index is 13.7. The maximum Gasteiger partial charge on any atom is 0.282 e. The predicted molar refractivity (Wildman–Crippen MR) is 88.2 cm³/mol. The van der Waals surface area contributed by atoms with Crippen LogP contribution in [0.5, 0.6) is 0 Å². The lowest BCUT2D eigenvalue weighted by Gasteiger charge is -2.07. The number of aryl methyl sites for hydroxylation is 1. The molecule has 0 aliphatic carbocycles. The SMILES string of the molecule is Cc1cc(C(F)F)nn1CC(=O)Nc1ccn(Cc2c(F)c(F)cc(F)c2F)n1. The number of carbonyl (C=O) groups is 1. The van der Waals surface area contributed by atoms with Crippen LogP contribution in [0.1, 0.15) is 23.4 Å². The Morgan fingerprint density at radius 3 is 2.34 bits per heavy atom. The number of carbonyl (C=O) groups excluding carboxylic acids is 1. The van der Waals surface area contributed by atoms with Gasteiger partial charge in [0.1, 0.15) is 12.2 Å². The average molecular weight is 417 g/mol. The van der Waals surface area contributed by atoms with Crippen LogP contribution < -0.4 is 5.32 Å². The maximum atomic E-state index is 13.7. The quantitative estimate of drug-likeness (QED) is 0.493. The molecule has 3 aromatic rings. The molecule has 0 aliphatic rings. The smallest absolute Gasteiger partial charge is 0.282 e. The Hall–Kier alpha value is -3.31. The lowest BCUT2D eigenvalue weighted by Crippen LogP contribution is -2.21. The predicted octanol–water partition coefficient (Wildman–Crippen LogP) is 3.57. The molecular weight excluding hydrogens is 404 g/mol. The van der Waals surface area contributed by atoms with Crippen LogP contribution in [0.2, 0.25) is 0 Å². The van der Waals surface area contributed by atoms with E-state index in [0.29, 0.717) is 5.69 Å². The normalized spacial score (nSPS) is 11.3. The molecule has 0 unspecified atom stereocenters. The summed E-state index contributed by atoms with van der Waals surface area (Å²) in [4.78, 5) is 12.1. The summed E-state index contributed by atoms with van der Waals surface area (Å²) in [6.45, 7) is 0.504. The largest absolute Gasteiger partial charge is 0.308 e. The van der Waals surface area contributed by atoms with Gasteiger partial charge in [-0.15, -0.1) is 0 Å². The van der Waals surface area contributed by atoms with Crippen LogP contribution in [0.15, 0.2) is 24.4 Å². The number of anilines is 1. The highest BCUT2D eigenvalue weighted by Crippen LogP contribution is 2.21. The van der Waals surface area contributed by atoms with Crippen molar-refractivity contribution in [3.05, 3.63) is 64.6 Å². The van der Waals surface area contributed by atoms with Crippen LogP contribution >= 0.6 is 0 Å². The Balaban J connectivity index is 1.69. The number of nitrogens with one attached hydrogen (secondary N) is 1. The Morgan fingerprint density at radius 2 is 1.76 bits per heavy atom. The molecule has 0 atom stereocenters. The van der Waals surface area contributed by atoms with Crippen molar-refractivity contribution in [2.24, 2.45) is 0 Å². The van der Waals surface area contributed by atoms with Crippen LogP contribution in [0.3, 0.4) is 0 Å². The molecule has 1 amide bonds. The van der Waals surface area contributed by atoms with E-state index in [1.54, 1.807) is 0 Å². The zero-order chi connectivity index (χ0) is 21.3. The van der Waals surface area contributed by atoms with Gasteiger partial charge in [0.2, 0.25) is 5.91 Å². The highest BCUT2D eigenvalue weighted by Gasteiger charge is 2.20. The molecule has 0 aliphatic heterocycles. The van der Waals surface area contributed by atoms with E-state index in [0.717, 1.165) is 15.4 Å². The van der Waals surface area contributed by atoms with E-state index in [1.807, 2.05) is 0 Å². The van der Waals surface area contributed by atoms with E-state index >= 15 is 0 Å². The summed E-state index contributed by atoms with van der Waals surface area (Å²) in [7, 11) is 0. The first kappa shape index (κ1) is 20.4.